The van der Waals surface area contributed by atoms with Crippen LogP contribution in [0, 0.1) is 17.3 Å². The maximum atomic E-state index is 3.74. The molecule has 1 aliphatic carbocycles. The van der Waals surface area contributed by atoms with Crippen molar-refractivity contribution in [2.45, 2.75) is 59.3 Å². The second kappa shape index (κ2) is 7.08. The maximum Gasteiger partial charge on any atom is 0.00501 e. The van der Waals surface area contributed by atoms with Gasteiger partial charge >= 0.3 is 0 Å². The van der Waals surface area contributed by atoms with Crippen LogP contribution in [0.15, 0.2) is 0 Å². The van der Waals surface area contributed by atoms with Gasteiger partial charge in [-0.05, 0) is 62.6 Å². The van der Waals surface area contributed by atoms with Crippen molar-refractivity contribution in [1.29, 1.82) is 0 Å². The molecule has 2 aliphatic rings. The molecule has 112 valence electrons. The van der Waals surface area contributed by atoms with Crippen molar-refractivity contribution in [3.8, 4) is 0 Å². The van der Waals surface area contributed by atoms with E-state index < -0.39 is 0 Å². The zero-order valence-electron chi connectivity index (χ0n) is 13.4. The van der Waals surface area contributed by atoms with Gasteiger partial charge < -0.3 is 10.2 Å². The molecule has 0 amide bonds. The summed E-state index contributed by atoms with van der Waals surface area (Å²) in [5, 5.41) is 3.74. The fourth-order valence-corrected chi connectivity index (χ4v) is 3.84. The Labute approximate surface area is 120 Å². The Morgan fingerprint density at radius 1 is 1.16 bits per heavy atom. The highest BCUT2D eigenvalue weighted by Crippen LogP contribution is 2.39. The lowest BCUT2D eigenvalue weighted by Gasteiger charge is -2.39. The summed E-state index contributed by atoms with van der Waals surface area (Å²) in [5.74, 6) is 1.73. The predicted octanol–water partition coefficient (Wildman–Crippen LogP) is 3.52. The van der Waals surface area contributed by atoms with Gasteiger partial charge in [0.1, 0.15) is 0 Å². The normalized spacial score (nSPS) is 25.3. The molecule has 1 saturated heterocycles. The van der Waals surface area contributed by atoms with Crippen LogP contribution in [0.5, 0.6) is 0 Å². The summed E-state index contributed by atoms with van der Waals surface area (Å²) in [6, 6.07) is 0. The van der Waals surface area contributed by atoms with Crippen molar-refractivity contribution in [3.05, 3.63) is 0 Å². The molecule has 0 radical (unpaired) electrons. The topological polar surface area (TPSA) is 15.3 Å². The summed E-state index contributed by atoms with van der Waals surface area (Å²) in [7, 11) is 0. The first-order valence-corrected chi connectivity index (χ1v) is 8.53. The molecule has 1 N–H and O–H groups in total. The van der Waals surface area contributed by atoms with E-state index in [0.29, 0.717) is 5.41 Å². The van der Waals surface area contributed by atoms with E-state index in [2.05, 4.69) is 31.0 Å². The Balaban J connectivity index is 1.81. The third-order valence-electron chi connectivity index (χ3n) is 5.15. The summed E-state index contributed by atoms with van der Waals surface area (Å²) in [5.41, 5.74) is 0.593. The molecule has 0 aromatic carbocycles. The lowest BCUT2D eigenvalue weighted by molar-refractivity contribution is 0.113. The second-order valence-corrected chi connectivity index (χ2v) is 7.69. The predicted molar refractivity (Wildman–Crippen MR) is 83.4 cm³/mol. The van der Waals surface area contributed by atoms with E-state index in [4.69, 9.17) is 0 Å². The van der Waals surface area contributed by atoms with Crippen LogP contribution < -0.4 is 5.32 Å². The number of hydrogen-bond acceptors (Lipinski definition) is 2. The Morgan fingerprint density at radius 2 is 1.79 bits per heavy atom. The minimum absolute atomic E-state index is 0.593. The van der Waals surface area contributed by atoms with Crippen molar-refractivity contribution < 1.29 is 0 Å². The van der Waals surface area contributed by atoms with Gasteiger partial charge in [-0.25, -0.2) is 0 Å². The standard InChI is InChI=1S/C17H34N2/c1-15(2)12-18-13-17(8-4-5-9-17)14-19-10-6-16(3)7-11-19/h15-16,18H,4-14H2,1-3H3. The Hall–Kier alpha value is -0.0800. The van der Waals surface area contributed by atoms with E-state index in [9.17, 15) is 0 Å². The SMILES string of the molecule is CC(C)CNCC1(CN2CCC(C)CC2)CCCC1. The van der Waals surface area contributed by atoms with Crippen LogP contribution in [-0.2, 0) is 0 Å². The number of nitrogens with one attached hydrogen (secondary N) is 1. The van der Waals surface area contributed by atoms with E-state index in [1.54, 1.807) is 0 Å². The van der Waals surface area contributed by atoms with E-state index in [0.717, 1.165) is 11.8 Å². The highest BCUT2D eigenvalue weighted by Gasteiger charge is 2.35. The average Bonchev–Trinajstić information content (AvgIpc) is 2.81. The summed E-state index contributed by atoms with van der Waals surface area (Å²) >= 11 is 0. The molecule has 1 aliphatic heterocycles. The van der Waals surface area contributed by atoms with Crippen LogP contribution in [0.25, 0.3) is 0 Å². The fourth-order valence-electron chi connectivity index (χ4n) is 3.84. The van der Waals surface area contributed by atoms with E-state index in [1.807, 2.05) is 0 Å². The molecule has 2 rings (SSSR count). The van der Waals surface area contributed by atoms with E-state index in [1.165, 1.54) is 71.2 Å². The average molecular weight is 266 g/mol. The lowest BCUT2D eigenvalue weighted by Crippen LogP contribution is -2.45. The van der Waals surface area contributed by atoms with Gasteiger partial charge in [0.15, 0.2) is 0 Å². The molecule has 19 heavy (non-hydrogen) atoms. The second-order valence-electron chi connectivity index (χ2n) is 7.69. The van der Waals surface area contributed by atoms with Crippen molar-refractivity contribution in [2.24, 2.45) is 17.3 Å². The molecular weight excluding hydrogens is 232 g/mol. The lowest BCUT2D eigenvalue weighted by atomic mass is 9.84. The number of piperidine rings is 1. The minimum atomic E-state index is 0.593. The Bertz CT molecular complexity index is 248. The number of rotatable bonds is 6. The summed E-state index contributed by atoms with van der Waals surface area (Å²) in [6.45, 7) is 13.5. The third-order valence-corrected chi connectivity index (χ3v) is 5.15. The third kappa shape index (κ3) is 4.75. The van der Waals surface area contributed by atoms with E-state index in [-0.39, 0.29) is 0 Å². The highest BCUT2D eigenvalue weighted by molar-refractivity contribution is 4.90. The molecule has 2 nitrogen and oxygen atoms in total. The van der Waals surface area contributed by atoms with Crippen molar-refractivity contribution in [1.82, 2.24) is 10.2 Å². The molecule has 1 heterocycles. The highest BCUT2D eigenvalue weighted by atomic mass is 15.1. The van der Waals surface area contributed by atoms with Gasteiger partial charge in [0, 0.05) is 13.1 Å². The molecule has 0 spiro atoms. The molecule has 2 heteroatoms. The molecule has 0 bridgehead atoms. The van der Waals surface area contributed by atoms with Crippen LogP contribution >= 0.6 is 0 Å². The van der Waals surface area contributed by atoms with Gasteiger partial charge in [-0.1, -0.05) is 33.6 Å². The van der Waals surface area contributed by atoms with Crippen molar-refractivity contribution in [3.63, 3.8) is 0 Å². The van der Waals surface area contributed by atoms with Gasteiger partial charge in [-0.3, -0.25) is 0 Å². The van der Waals surface area contributed by atoms with Gasteiger partial charge in [-0.2, -0.15) is 0 Å². The van der Waals surface area contributed by atoms with Crippen LogP contribution in [0.3, 0.4) is 0 Å². The van der Waals surface area contributed by atoms with Crippen LogP contribution in [0.4, 0.5) is 0 Å². The minimum Gasteiger partial charge on any atom is -0.316 e. The number of nitrogens with zero attached hydrogens (tertiary/aromatic N) is 1. The quantitative estimate of drug-likeness (QED) is 0.791. The Morgan fingerprint density at radius 3 is 2.37 bits per heavy atom. The zero-order valence-corrected chi connectivity index (χ0v) is 13.4. The van der Waals surface area contributed by atoms with Gasteiger partial charge in [-0.15, -0.1) is 0 Å². The smallest absolute Gasteiger partial charge is 0.00501 e. The summed E-state index contributed by atoms with van der Waals surface area (Å²) in [6.07, 6.45) is 8.63. The summed E-state index contributed by atoms with van der Waals surface area (Å²) in [4.78, 5) is 2.75. The molecule has 2 fully saturated rings. The van der Waals surface area contributed by atoms with Gasteiger partial charge in [0.2, 0.25) is 0 Å². The largest absolute Gasteiger partial charge is 0.316 e. The van der Waals surface area contributed by atoms with Gasteiger partial charge in [0.05, 0.1) is 0 Å². The molecule has 0 aromatic rings. The molecule has 0 unspecified atom stereocenters. The van der Waals surface area contributed by atoms with E-state index >= 15 is 0 Å². The number of likely N-dealkylation sites (tertiary alicyclic amines) is 1. The summed E-state index contributed by atoms with van der Waals surface area (Å²) < 4.78 is 0. The van der Waals surface area contributed by atoms with Crippen LogP contribution in [0.2, 0.25) is 0 Å². The van der Waals surface area contributed by atoms with Crippen molar-refractivity contribution in [2.75, 3.05) is 32.7 Å². The zero-order chi connectivity index (χ0) is 13.7. The van der Waals surface area contributed by atoms with Crippen molar-refractivity contribution >= 4 is 0 Å². The first-order valence-electron chi connectivity index (χ1n) is 8.53. The first kappa shape index (κ1) is 15.3. The molecule has 0 atom stereocenters. The fraction of sp³-hybridized carbons (Fsp3) is 1.00. The maximum absolute atomic E-state index is 3.74. The van der Waals surface area contributed by atoms with Crippen LogP contribution in [0.1, 0.15) is 59.3 Å². The Kier molecular flexibility index (Phi) is 5.70. The molecule has 1 saturated carbocycles. The molecular formula is C17H34N2. The van der Waals surface area contributed by atoms with Gasteiger partial charge in [0.25, 0.3) is 0 Å². The van der Waals surface area contributed by atoms with Crippen LogP contribution in [-0.4, -0.2) is 37.6 Å². The molecule has 0 aromatic heterocycles. The number of hydrogen-bond donors (Lipinski definition) is 1. The first-order chi connectivity index (χ1) is 9.10. The monoisotopic (exact) mass is 266 g/mol.